The highest BCUT2D eigenvalue weighted by molar-refractivity contribution is 6.18. The van der Waals surface area contributed by atoms with E-state index in [4.69, 9.17) is 46.4 Å². The van der Waals surface area contributed by atoms with Crippen LogP contribution in [0.15, 0.2) is 0 Å². The summed E-state index contributed by atoms with van der Waals surface area (Å²) in [6.07, 6.45) is 0. The Morgan fingerprint density at radius 1 is 0.364 bits per heavy atom. The normalized spacial score (nSPS) is 9.27. The third-order valence-electron chi connectivity index (χ3n) is 2.04. The van der Waals surface area contributed by atoms with Gasteiger partial charge in [0.05, 0.1) is 0 Å². The van der Waals surface area contributed by atoms with Gasteiger partial charge in [-0.25, -0.2) is 0 Å². The molecule has 0 saturated carbocycles. The molecule has 0 spiro atoms. The summed E-state index contributed by atoms with van der Waals surface area (Å²) in [6.45, 7) is 7.36. The molecule has 0 aliphatic carbocycles. The molecule has 0 atom stereocenters. The van der Waals surface area contributed by atoms with Crippen molar-refractivity contribution in [1.29, 1.82) is 0 Å². The van der Waals surface area contributed by atoms with Crippen molar-refractivity contribution < 1.29 is 0 Å². The molecular formula is C12H30Cl6N4. The van der Waals surface area contributed by atoms with Crippen molar-refractivity contribution in [3.8, 4) is 0 Å². The van der Waals surface area contributed by atoms with Gasteiger partial charge in [-0.05, 0) is 0 Å². The molecule has 22 heavy (non-hydrogen) atoms. The summed E-state index contributed by atoms with van der Waals surface area (Å²) in [5.74, 6) is 2.70. The summed E-state index contributed by atoms with van der Waals surface area (Å²) in [7, 11) is 0. The van der Waals surface area contributed by atoms with Gasteiger partial charge in [0.2, 0.25) is 0 Å². The second kappa shape index (κ2) is 34.0. The van der Waals surface area contributed by atoms with Crippen LogP contribution in [0, 0.1) is 0 Å². The molecular weight excluding hydrogens is 413 g/mol. The molecule has 0 unspecified atom stereocenters. The Bertz CT molecular complexity index is 128. The number of rotatable bonds is 14. The van der Waals surface area contributed by atoms with Crippen LogP contribution in [0.2, 0.25) is 0 Å². The first-order chi connectivity index (χ1) is 9.83. The molecule has 140 valence electrons. The van der Waals surface area contributed by atoms with Crippen LogP contribution in [-0.4, -0.2) is 75.9 Å². The average molecular weight is 443 g/mol. The highest BCUT2D eigenvalue weighted by Gasteiger charge is 1.85. The van der Waals surface area contributed by atoms with E-state index < -0.39 is 0 Å². The SMILES string of the molecule is Cl.Cl.ClCCNCCNCCCl.ClCCNCCNCCCl. The number of halogens is 6. The third kappa shape index (κ3) is 37.7. The van der Waals surface area contributed by atoms with Crippen LogP contribution in [0.3, 0.4) is 0 Å². The number of hydrogen-bond donors (Lipinski definition) is 4. The lowest BCUT2D eigenvalue weighted by Crippen LogP contribution is -2.29. The number of alkyl halides is 4. The summed E-state index contributed by atoms with van der Waals surface area (Å²) in [4.78, 5) is 0. The maximum atomic E-state index is 5.44. The lowest BCUT2D eigenvalue weighted by atomic mass is 10.5. The molecule has 10 heteroatoms. The number of nitrogens with one attached hydrogen (secondary N) is 4. The van der Waals surface area contributed by atoms with E-state index in [2.05, 4.69) is 21.3 Å². The van der Waals surface area contributed by atoms with Crippen LogP contribution >= 0.6 is 71.2 Å². The predicted molar refractivity (Wildman–Crippen MR) is 109 cm³/mol. The lowest BCUT2D eigenvalue weighted by Gasteiger charge is -2.02. The maximum Gasteiger partial charge on any atom is 0.0348 e. The third-order valence-corrected chi connectivity index (χ3v) is 2.80. The van der Waals surface area contributed by atoms with Crippen molar-refractivity contribution in [2.45, 2.75) is 0 Å². The monoisotopic (exact) mass is 440 g/mol. The van der Waals surface area contributed by atoms with Gasteiger partial charge in [0.15, 0.2) is 0 Å². The summed E-state index contributed by atoms with van der Waals surface area (Å²) < 4.78 is 0. The Morgan fingerprint density at radius 3 is 0.682 bits per heavy atom. The molecule has 0 aromatic heterocycles. The topological polar surface area (TPSA) is 48.1 Å². The fourth-order valence-corrected chi connectivity index (χ4v) is 1.66. The maximum absolute atomic E-state index is 5.44. The zero-order valence-corrected chi connectivity index (χ0v) is 17.5. The van der Waals surface area contributed by atoms with Crippen LogP contribution in [0.4, 0.5) is 0 Å². The quantitative estimate of drug-likeness (QED) is 0.246. The second-order valence-corrected chi connectivity index (χ2v) is 5.27. The van der Waals surface area contributed by atoms with Crippen molar-refractivity contribution in [3.05, 3.63) is 0 Å². The van der Waals surface area contributed by atoms with Crippen LogP contribution in [0.25, 0.3) is 0 Å². The Hall–Kier alpha value is 1.58. The van der Waals surface area contributed by atoms with E-state index in [-0.39, 0.29) is 24.8 Å². The highest BCUT2D eigenvalue weighted by atomic mass is 35.5. The van der Waals surface area contributed by atoms with Gasteiger partial charge in [0.1, 0.15) is 0 Å². The van der Waals surface area contributed by atoms with Crippen molar-refractivity contribution in [3.63, 3.8) is 0 Å². The minimum absolute atomic E-state index is 0. The second-order valence-electron chi connectivity index (χ2n) is 3.76. The molecule has 0 saturated heterocycles. The minimum atomic E-state index is 0. The summed E-state index contributed by atoms with van der Waals surface area (Å²) in [5, 5.41) is 12.6. The smallest absolute Gasteiger partial charge is 0.0348 e. The Morgan fingerprint density at radius 2 is 0.545 bits per heavy atom. The molecule has 0 radical (unpaired) electrons. The van der Waals surface area contributed by atoms with Crippen molar-refractivity contribution in [2.75, 3.05) is 75.9 Å². The van der Waals surface area contributed by atoms with E-state index in [9.17, 15) is 0 Å². The fraction of sp³-hybridized carbons (Fsp3) is 1.00. The van der Waals surface area contributed by atoms with E-state index in [1.54, 1.807) is 0 Å². The van der Waals surface area contributed by atoms with Gasteiger partial charge >= 0.3 is 0 Å². The van der Waals surface area contributed by atoms with E-state index in [0.717, 1.165) is 52.4 Å². The molecule has 0 aliphatic heterocycles. The van der Waals surface area contributed by atoms with Crippen molar-refractivity contribution in [2.24, 2.45) is 0 Å². The van der Waals surface area contributed by atoms with Gasteiger partial charge in [-0.1, -0.05) is 0 Å². The lowest BCUT2D eigenvalue weighted by molar-refractivity contribution is 0.644. The van der Waals surface area contributed by atoms with Crippen LogP contribution in [0.1, 0.15) is 0 Å². The first kappa shape index (κ1) is 31.4. The zero-order valence-electron chi connectivity index (χ0n) is 12.8. The standard InChI is InChI=1S/2C6H14Cl2N2.2ClH/c2*7-1-3-9-5-6-10-4-2-8;;/h2*9-10H,1-6H2;2*1H. The first-order valence-electron chi connectivity index (χ1n) is 6.90. The van der Waals surface area contributed by atoms with Gasteiger partial charge in [0.25, 0.3) is 0 Å². The van der Waals surface area contributed by atoms with Crippen molar-refractivity contribution in [1.82, 2.24) is 21.3 Å². The molecule has 4 nitrogen and oxygen atoms in total. The Balaban J connectivity index is -0.000000135. The van der Waals surface area contributed by atoms with Gasteiger partial charge in [-0.15, -0.1) is 71.2 Å². The molecule has 0 fully saturated rings. The summed E-state index contributed by atoms with van der Waals surface area (Å²) in [5.41, 5.74) is 0. The van der Waals surface area contributed by atoms with E-state index in [1.807, 2.05) is 0 Å². The van der Waals surface area contributed by atoms with Gasteiger partial charge in [-0.2, -0.15) is 0 Å². The van der Waals surface area contributed by atoms with Gasteiger partial charge in [-0.3, -0.25) is 0 Å². The highest BCUT2D eigenvalue weighted by Crippen LogP contribution is 1.71. The molecule has 0 aromatic rings. The average Bonchev–Trinajstić information content (AvgIpc) is 2.47. The summed E-state index contributed by atoms with van der Waals surface area (Å²) >= 11 is 21.8. The van der Waals surface area contributed by atoms with Gasteiger partial charge < -0.3 is 21.3 Å². The number of hydrogen-bond acceptors (Lipinski definition) is 4. The molecule has 0 aromatic carbocycles. The van der Waals surface area contributed by atoms with E-state index >= 15 is 0 Å². The van der Waals surface area contributed by atoms with E-state index in [0.29, 0.717) is 23.5 Å². The fourth-order valence-electron chi connectivity index (χ4n) is 1.12. The first-order valence-corrected chi connectivity index (χ1v) is 9.04. The molecule has 4 N–H and O–H groups in total. The van der Waals surface area contributed by atoms with E-state index in [1.165, 1.54) is 0 Å². The Labute approximate surface area is 167 Å². The minimum Gasteiger partial charge on any atom is -0.314 e. The molecule has 0 bridgehead atoms. The molecule has 0 aliphatic rings. The molecule has 0 rings (SSSR count). The predicted octanol–water partition coefficient (Wildman–Crippen LogP) is 2.13. The molecule has 0 heterocycles. The largest absolute Gasteiger partial charge is 0.314 e. The summed E-state index contributed by atoms with van der Waals surface area (Å²) in [6, 6.07) is 0. The van der Waals surface area contributed by atoms with Crippen LogP contribution in [-0.2, 0) is 0 Å². The van der Waals surface area contributed by atoms with Crippen molar-refractivity contribution >= 4 is 71.2 Å². The van der Waals surface area contributed by atoms with Crippen LogP contribution in [0.5, 0.6) is 0 Å². The zero-order chi connectivity index (χ0) is 15.3. The van der Waals surface area contributed by atoms with Gasteiger partial charge in [0, 0.05) is 75.9 Å². The van der Waals surface area contributed by atoms with Crippen LogP contribution < -0.4 is 21.3 Å². The Kier molecular flexibility index (Phi) is 48.5. The molecule has 0 amide bonds.